The third-order valence-corrected chi connectivity index (χ3v) is 4.53. The summed E-state index contributed by atoms with van der Waals surface area (Å²) in [6.45, 7) is 8.02. The standard InChI is InChI=1S/C18H26N2O/c1-5-8-19-15-10-18(2,3)11-16-17(15)13-9-12(21-4)6-7-14(13)20-16/h6-7,9,15,19-20H,5,8,10-11H2,1-4H3. The highest BCUT2D eigenvalue weighted by atomic mass is 16.5. The predicted octanol–water partition coefficient (Wildman–Crippen LogP) is 4.19. The number of nitrogens with one attached hydrogen (secondary N) is 2. The molecule has 3 nitrogen and oxygen atoms in total. The van der Waals surface area contributed by atoms with E-state index in [0.29, 0.717) is 11.5 Å². The lowest BCUT2D eigenvalue weighted by molar-refractivity contribution is 0.257. The van der Waals surface area contributed by atoms with Crippen LogP contribution in [0.15, 0.2) is 18.2 Å². The first-order valence-corrected chi connectivity index (χ1v) is 7.96. The molecule has 0 bridgehead atoms. The van der Waals surface area contributed by atoms with Crippen LogP contribution < -0.4 is 10.1 Å². The molecule has 0 radical (unpaired) electrons. The lowest BCUT2D eigenvalue weighted by Gasteiger charge is -2.36. The molecule has 0 saturated carbocycles. The Kier molecular flexibility index (Phi) is 3.70. The monoisotopic (exact) mass is 286 g/mol. The molecule has 2 N–H and O–H groups in total. The van der Waals surface area contributed by atoms with Crippen LogP contribution >= 0.6 is 0 Å². The van der Waals surface area contributed by atoms with Crippen LogP contribution in [0.25, 0.3) is 10.9 Å². The van der Waals surface area contributed by atoms with Crippen LogP contribution in [0.1, 0.15) is 50.9 Å². The summed E-state index contributed by atoms with van der Waals surface area (Å²) in [5.74, 6) is 0.934. The average Bonchev–Trinajstić information content (AvgIpc) is 2.80. The van der Waals surface area contributed by atoms with Crippen molar-refractivity contribution >= 4 is 10.9 Å². The van der Waals surface area contributed by atoms with Crippen LogP contribution in [-0.4, -0.2) is 18.6 Å². The molecule has 1 heterocycles. The molecule has 1 aromatic carbocycles. The first kappa shape index (κ1) is 14.5. The Balaban J connectivity index is 2.10. The smallest absolute Gasteiger partial charge is 0.119 e. The largest absolute Gasteiger partial charge is 0.497 e. The molecule has 0 spiro atoms. The highest BCUT2D eigenvalue weighted by Crippen LogP contribution is 2.44. The maximum atomic E-state index is 5.41. The molecule has 0 aliphatic heterocycles. The highest BCUT2D eigenvalue weighted by molar-refractivity contribution is 5.87. The number of methoxy groups -OCH3 is 1. The summed E-state index contributed by atoms with van der Waals surface area (Å²) in [5.41, 5.74) is 4.41. The van der Waals surface area contributed by atoms with Crippen molar-refractivity contribution in [3.05, 3.63) is 29.5 Å². The molecule has 2 aromatic rings. The fraction of sp³-hybridized carbons (Fsp3) is 0.556. The number of hydrogen-bond donors (Lipinski definition) is 2. The summed E-state index contributed by atoms with van der Waals surface area (Å²) in [7, 11) is 1.73. The normalized spacial score (nSPS) is 20.5. The van der Waals surface area contributed by atoms with E-state index in [1.807, 2.05) is 6.07 Å². The van der Waals surface area contributed by atoms with Gasteiger partial charge in [-0.1, -0.05) is 20.8 Å². The zero-order valence-corrected chi connectivity index (χ0v) is 13.5. The SMILES string of the molecule is CCCNC1CC(C)(C)Cc2[nH]c3ccc(OC)cc3c21. The summed E-state index contributed by atoms with van der Waals surface area (Å²) in [4.78, 5) is 3.63. The first-order chi connectivity index (χ1) is 10.0. The molecular weight excluding hydrogens is 260 g/mol. The fourth-order valence-electron chi connectivity index (χ4n) is 3.61. The number of benzene rings is 1. The second-order valence-corrected chi connectivity index (χ2v) is 6.98. The van der Waals surface area contributed by atoms with Crippen LogP contribution in [0.5, 0.6) is 5.75 Å². The first-order valence-electron chi connectivity index (χ1n) is 7.96. The van der Waals surface area contributed by atoms with E-state index in [4.69, 9.17) is 4.74 Å². The second kappa shape index (κ2) is 5.38. The predicted molar refractivity (Wildman–Crippen MR) is 88.0 cm³/mol. The van der Waals surface area contributed by atoms with Gasteiger partial charge in [0.15, 0.2) is 0 Å². The van der Waals surface area contributed by atoms with Gasteiger partial charge in [-0.3, -0.25) is 0 Å². The van der Waals surface area contributed by atoms with Gasteiger partial charge in [-0.25, -0.2) is 0 Å². The molecule has 114 valence electrons. The molecule has 1 atom stereocenters. The van der Waals surface area contributed by atoms with E-state index in [1.54, 1.807) is 7.11 Å². The van der Waals surface area contributed by atoms with Crippen LogP contribution in [0, 0.1) is 5.41 Å². The van der Waals surface area contributed by atoms with Crippen molar-refractivity contribution in [2.24, 2.45) is 5.41 Å². The van der Waals surface area contributed by atoms with Gasteiger partial charge in [0.05, 0.1) is 7.11 Å². The van der Waals surface area contributed by atoms with Crippen LogP contribution in [0.4, 0.5) is 0 Å². The minimum atomic E-state index is 0.337. The molecule has 1 unspecified atom stereocenters. The van der Waals surface area contributed by atoms with Gasteiger partial charge >= 0.3 is 0 Å². The van der Waals surface area contributed by atoms with E-state index in [1.165, 1.54) is 28.6 Å². The van der Waals surface area contributed by atoms with Crippen LogP contribution in [0.3, 0.4) is 0 Å². The molecule has 0 amide bonds. The zero-order valence-electron chi connectivity index (χ0n) is 13.5. The van der Waals surface area contributed by atoms with E-state index < -0.39 is 0 Å². The topological polar surface area (TPSA) is 37.0 Å². The van der Waals surface area contributed by atoms with Crippen molar-refractivity contribution in [1.29, 1.82) is 0 Å². The van der Waals surface area contributed by atoms with Gasteiger partial charge in [0.1, 0.15) is 5.75 Å². The maximum absolute atomic E-state index is 5.41. The molecular formula is C18H26N2O. The van der Waals surface area contributed by atoms with Crippen molar-refractivity contribution in [1.82, 2.24) is 10.3 Å². The van der Waals surface area contributed by atoms with Gasteiger partial charge in [0.25, 0.3) is 0 Å². The number of aromatic nitrogens is 1. The molecule has 3 rings (SSSR count). The summed E-state index contributed by atoms with van der Waals surface area (Å²) in [5, 5.41) is 5.05. The summed E-state index contributed by atoms with van der Waals surface area (Å²) < 4.78 is 5.41. The summed E-state index contributed by atoms with van der Waals surface area (Å²) >= 11 is 0. The zero-order chi connectivity index (χ0) is 15.0. The van der Waals surface area contributed by atoms with Crippen LogP contribution in [-0.2, 0) is 6.42 Å². The van der Waals surface area contributed by atoms with E-state index in [2.05, 4.69) is 43.2 Å². The fourth-order valence-corrected chi connectivity index (χ4v) is 3.61. The third-order valence-electron chi connectivity index (χ3n) is 4.53. The van der Waals surface area contributed by atoms with E-state index in [0.717, 1.165) is 25.1 Å². The number of ether oxygens (including phenoxy) is 1. The number of fused-ring (bicyclic) bond motifs is 3. The van der Waals surface area contributed by atoms with Gasteiger partial charge in [-0.05, 0) is 55.0 Å². The minimum Gasteiger partial charge on any atom is -0.497 e. The number of aromatic amines is 1. The van der Waals surface area contributed by atoms with Gasteiger partial charge in [0, 0.05) is 22.6 Å². The molecule has 1 aliphatic rings. The van der Waals surface area contributed by atoms with Gasteiger partial charge in [-0.2, -0.15) is 0 Å². The summed E-state index contributed by atoms with van der Waals surface area (Å²) in [6.07, 6.45) is 3.46. The molecule has 0 saturated heterocycles. The lowest BCUT2D eigenvalue weighted by Crippen LogP contribution is -2.33. The van der Waals surface area contributed by atoms with Crippen molar-refractivity contribution < 1.29 is 4.74 Å². The molecule has 1 aliphatic carbocycles. The summed E-state index contributed by atoms with van der Waals surface area (Å²) in [6, 6.07) is 6.77. The average molecular weight is 286 g/mol. The lowest BCUT2D eigenvalue weighted by atomic mass is 9.74. The maximum Gasteiger partial charge on any atom is 0.119 e. The van der Waals surface area contributed by atoms with Gasteiger partial charge < -0.3 is 15.0 Å². The molecule has 0 fully saturated rings. The number of hydrogen-bond acceptors (Lipinski definition) is 2. The van der Waals surface area contributed by atoms with Crippen molar-refractivity contribution in [2.45, 2.75) is 46.1 Å². The van der Waals surface area contributed by atoms with E-state index >= 15 is 0 Å². The second-order valence-electron chi connectivity index (χ2n) is 6.98. The molecule has 1 aromatic heterocycles. The van der Waals surface area contributed by atoms with Gasteiger partial charge in [-0.15, -0.1) is 0 Å². The van der Waals surface area contributed by atoms with Gasteiger partial charge in [0.2, 0.25) is 0 Å². The molecule has 3 heteroatoms. The van der Waals surface area contributed by atoms with E-state index in [9.17, 15) is 0 Å². The Labute approximate surface area is 127 Å². The number of H-pyrrole nitrogens is 1. The third kappa shape index (κ3) is 2.67. The van der Waals surface area contributed by atoms with Crippen molar-refractivity contribution in [3.8, 4) is 5.75 Å². The minimum absolute atomic E-state index is 0.337. The quantitative estimate of drug-likeness (QED) is 0.884. The number of rotatable bonds is 4. The highest BCUT2D eigenvalue weighted by Gasteiger charge is 2.34. The van der Waals surface area contributed by atoms with E-state index in [-0.39, 0.29) is 0 Å². The van der Waals surface area contributed by atoms with Crippen molar-refractivity contribution in [3.63, 3.8) is 0 Å². The molecule has 21 heavy (non-hydrogen) atoms. The Bertz CT molecular complexity index is 642. The Morgan fingerprint density at radius 2 is 2.19 bits per heavy atom. The Morgan fingerprint density at radius 1 is 1.38 bits per heavy atom. The van der Waals surface area contributed by atoms with Crippen LogP contribution in [0.2, 0.25) is 0 Å². The van der Waals surface area contributed by atoms with Crippen molar-refractivity contribution in [2.75, 3.05) is 13.7 Å². The Hall–Kier alpha value is -1.48. The Morgan fingerprint density at radius 3 is 2.90 bits per heavy atom.